The molecule has 0 radical (unpaired) electrons. The lowest BCUT2D eigenvalue weighted by Crippen LogP contribution is -2.19. The van der Waals surface area contributed by atoms with Crippen molar-refractivity contribution in [2.75, 3.05) is 5.43 Å². The molecular weight excluding hydrogens is 827 g/mol. The Kier molecular flexibility index (Phi) is 10.6. The number of rotatable bonds is 11. The molecule has 7 rings (SSSR count). The number of nitrogens with one attached hydrogen (secondary N) is 2. The summed E-state index contributed by atoms with van der Waals surface area (Å²) in [6.07, 6.45) is 2.56. The lowest BCUT2D eigenvalue weighted by Gasteiger charge is -2.14. The van der Waals surface area contributed by atoms with Crippen LogP contribution in [0.3, 0.4) is 0 Å². The van der Waals surface area contributed by atoms with Gasteiger partial charge < -0.3 is 5.11 Å². The summed E-state index contributed by atoms with van der Waals surface area (Å²) in [6, 6.07) is 23.5. The maximum atomic E-state index is 12.9. The van der Waals surface area contributed by atoms with Crippen molar-refractivity contribution in [2.45, 2.75) is 21.1 Å². The molecule has 0 bridgehead atoms. The third-order valence-corrected chi connectivity index (χ3v) is 11.4. The number of nitrogens with zero attached hydrogens (tertiary/aromatic N) is 5. The smallest absolute Gasteiger partial charge is 0.294 e. The highest BCUT2D eigenvalue weighted by molar-refractivity contribution is 7.86. The molecule has 0 aromatic heterocycles. The maximum absolute atomic E-state index is 12.9. The third-order valence-electron chi connectivity index (χ3n) is 8.86. The van der Waals surface area contributed by atoms with Gasteiger partial charge in [0.05, 0.1) is 43.1 Å². The minimum atomic E-state index is -4.70. The topological polar surface area (TPSA) is 298 Å². The van der Waals surface area contributed by atoms with E-state index < -0.39 is 56.7 Å². The van der Waals surface area contributed by atoms with Crippen molar-refractivity contribution in [3.8, 4) is 0 Å². The van der Waals surface area contributed by atoms with Crippen molar-refractivity contribution >= 4 is 104 Å². The number of azo groups is 2. The van der Waals surface area contributed by atoms with Crippen molar-refractivity contribution < 1.29 is 48.8 Å². The number of ketones is 1. The van der Waals surface area contributed by atoms with E-state index in [2.05, 4.69) is 31.0 Å². The number of hydrazone groups is 1. The summed E-state index contributed by atoms with van der Waals surface area (Å²) >= 11 is 0. The number of hydrogen-bond acceptors (Lipinski definition) is 14. The summed E-state index contributed by atoms with van der Waals surface area (Å²) < 4.78 is 101. The van der Waals surface area contributed by atoms with Crippen LogP contribution in [0.2, 0.25) is 0 Å². The number of benzene rings is 6. The highest BCUT2D eigenvalue weighted by atomic mass is 32.2. The maximum Gasteiger partial charge on any atom is 0.294 e. The lowest BCUT2D eigenvalue weighted by atomic mass is 9.95. The lowest BCUT2D eigenvalue weighted by molar-refractivity contribution is -0.108. The van der Waals surface area contributed by atoms with Gasteiger partial charge >= 0.3 is 0 Å². The van der Waals surface area contributed by atoms with Crippen LogP contribution in [-0.2, 0) is 41.6 Å². The normalized spacial score (nSPS) is 14.2. The van der Waals surface area contributed by atoms with Gasteiger partial charge in [-0.25, -0.2) is 0 Å². The van der Waals surface area contributed by atoms with E-state index in [0.717, 1.165) is 24.3 Å². The van der Waals surface area contributed by atoms with Crippen LogP contribution in [0.15, 0.2) is 149 Å². The van der Waals surface area contributed by atoms with Gasteiger partial charge in [0.2, 0.25) is 5.78 Å². The van der Waals surface area contributed by atoms with Crippen molar-refractivity contribution in [1.82, 2.24) is 0 Å². The Morgan fingerprint density at radius 1 is 0.576 bits per heavy atom. The molecule has 21 heteroatoms. The monoisotopic (exact) mass is 853 g/mol. The SMILES string of the molecule is N=C(O)Cc1ccc(N=Nc2ccc(N=Nc3ccc(N/N=C4\C(=O)C=Cc5cc(S(=O)(=O)O)ccc54)c4cc(S(=O)(=O)O)ccc34)c3ccc(S(=O)(=O)O)cc23)cc1. The Balaban J connectivity index is 1.27. The number of carbonyl (C=O) groups is 1. The summed E-state index contributed by atoms with van der Waals surface area (Å²) in [7, 11) is -13.9. The molecule has 1 aliphatic carbocycles. The molecule has 0 heterocycles. The predicted molar refractivity (Wildman–Crippen MR) is 217 cm³/mol. The average molecular weight is 854 g/mol. The Labute approximate surface area is 334 Å². The van der Waals surface area contributed by atoms with E-state index in [1.165, 1.54) is 60.7 Å². The number of anilines is 1. The molecule has 298 valence electrons. The van der Waals surface area contributed by atoms with Gasteiger partial charge in [0.25, 0.3) is 30.4 Å². The molecule has 0 spiro atoms. The van der Waals surface area contributed by atoms with E-state index in [4.69, 9.17) is 5.41 Å². The van der Waals surface area contributed by atoms with Crippen molar-refractivity contribution in [3.05, 3.63) is 126 Å². The molecular formula is C38H27N7O11S3. The molecule has 6 N–H and O–H groups in total. The first-order valence-electron chi connectivity index (χ1n) is 16.8. The summed E-state index contributed by atoms with van der Waals surface area (Å²) in [5, 5.41) is 39.1. The summed E-state index contributed by atoms with van der Waals surface area (Å²) in [6.45, 7) is 0. The number of allylic oxidation sites excluding steroid dienone is 1. The van der Waals surface area contributed by atoms with E-state index in [0.29, 0.717) is 22.0 Å². The van der Waals surface area contributed by atoms with Gasteiger partial charge in [0, 0.05) is 33.5 Å². The third kappa shape index (κ3) is 8.84. The molecule has 0 aliphatic heterocycles. The zero-order valence-electron chi connectivity index (χ0n) is 29.8. The minimum Gasteiger partial charge on any atom is -0.497 e. The van der Waals surface area contributed by atoms with Gasteiger partial charge in [-0.1, -0.05) is 36.4 Å². The van der Waals surface area contributed by atoms with E-state index in [1.54, 1.807) is 30.3 Å². The van der Waals surface area contributed by atoms with E-state index in [1.807, 2.05) is 0 Å². The summed E-state index contributed by atoms with van der Waals surface area (Å²) in [5.41, 5.74) is 5.02. The molecule has 0 saturated carbocycles. The van der Waals surface area contributed by atoms with Crippen LogP contribution in [0.5, 0.6) is 0 Å². The quantitative estimate of drug-likeness (QED) is 0.0237. The van der Waals surface area contributed by atoms with Crippen molar-refractivity contribution in [2.24, 2.45) is 25.6 Å². The van der Waals surface area contributed by atoms with E-state index in [9.17, 15) is 48.8 Å². The molecule has 1 aliphatic rings. The first-order chi connectivity index (χ1) is 27.8. The number of fused-ring (bicyclic) bond motifs is 3. The van der Waals surface area contributed by atoms with Gasteiger partial charge in [-0.3, -0.25) is 29.3 Å². The van der Waals surface area contributed by atoms with Crippen LogP contribution < -0.4 is 5.43 Å². The van der Waals surface area contributed by atoms with Gasteiger partial charge in [0.15, 0.2) is 5.90 Å². The molecule has 6 aromatic rings. The van der Waals surface area contributed by atoms with Crippen LogP contribution in [0.1, 0.15) is 16.7 Å². The molecule has 6 aromatic carbocycles. The van der Waals surface area contributed by atoms with E-state index >= 15 is 0 Å². The molecule has 18 nitrogen and oxygen atoms in total. The number of hydrogen-bond donors (Lipinski definition) is 6. The first kappa shape index (κ1) is 40.3. The molecule has 0 fully saturated rings. The zero-order chi connectivity index (χ0) is 42.3. The second kappa shape index (κ2) is 15.5. The Morgan fingerprint density at radius 2 is 1.08 bits per heavy atom. The second-order valence-electron chi connectivity index (χ2n) is 12.8. The molecule has 0 atom stereocenters. The largest absolute Gasteiger partial charge is 0.497 e. The highest BCUT2D eigenvalue weighted by Crippen LogP contribution is 2.39. The molecule has 59 heavy (non-hydrogen) atoms. The van der Waals surface area contributed by atoms with Crippen LogP contribution in [-0.4, -0.2) is 61.4 Å². The van der Waals surface area contributed by atoms with Gasteiger partial charge in [-0.2, -0.15) is 35.5 Å². The van der Waals surface area contributed by atoms with E-state index in [-0.39, 0.29) is 56.8 Å². The predicted octanol–water partition coefficient (Wildman–Crippen LogP) is 8.05. The fraction of sp³-hybridized carbons (Fsp3) is 0.0263. The van der Waals surface area contributed by atoms with Gasteiger partial charge in [-0.15, -0.1) is 15.3 Å². The first-order valence-corrected chi connectivity index (χ1v) is 21.1. The van der Waals surface area contributed by atoms with Crippen LogP contribution in [0, 0.1) is 5.41 Å². The Morgan fingerprint density at radius 3 is 1.68 bits per heavy atom. The minimum absolute atomic E-state index is 0.0380. The summed E-state index contributed by atoms with van der Waals surface area (Å²) in [4.78, 5) is 11.6. The van der Waals surface area contributed by atoms with Gasteiger partial charge in [-0.05, 0) is 90.0 Å². The van der Waals surface area contributed by atoms with Crippen LogP contribution in [0.25, 0.3) is 27.6 Å². The second-order valence-corrected chi connectivity index (χ2v) is 17.0. The molecule has 0 saturated heterocycles. The number of carbonyl (C=O) groups excluding carboxylic acids is 1. The van der Waals surface area contributed by atoms with Gasteiger partial charge in [0.1, 0.15) is 5.71 Å². The zero-order valence-corrected chi connectivity index (χ0v) is 32.2. The highest BCUT2D eigenvalue weighted by Gasteiger charge is 2.22. The van der Waals surface area contributed by atoms with Crippen LogP contribution in [0.4, 0.5) is 28.4 Å². The molecule has 0 amide bonds. The fourth-order valence-corrected chi connectivity index (χ4v) is 7.57. The fourth-order valence-electron chi connectivity index (χ4n) is 6.04. The van der Waals surface area contributed by atoms with Crippen molar-refractivity contribution in [1.29, 1.82) is 5.41 Å². The standard InChI is InChI=1S/C38H27N7O11S3/c39-37(47)17-21-1-4-23(5-2-21)40-41-34-14-12-32(28-10-7-25(19-30(28)34)58(51,52)53)42-43-33-13-15-35(31-20-26(59(54,55)56)8-11-29(31)33)44-45-38-27-9-6-24(57(48,49)50)18-22(27)3-16-36(38)46/h1-16,18-20,44H,17H2,(H2,39,47)(H,48,49,50)(H,51,52,53)(H,54,55,56)/b41-40?,43-42?,45-38-. The summed E-state index contributed by atoms with van der Waals surface area (Å²) in [5.74, 6) is -1.04. The number of aliphatic hydroxyl groups is 1. The van der Waals surface area contributed by atoms with Crippen molar-refractivity contribution in [3.63, 3.8) is 0 Å². The van der Waals surface area contributed by atoms with Crippen LogP contribution >= 0.6 is 0 Å². The Bertz CT molecular complexity index is 3240. The Hall–Kier alpha value is -6.88. The molecule has 0 unspecified atom stereocenters. The average Bonchev–Trinajstić information content (AvgIpc) is 3.18. The number of aliphatic hydroxyl groups excluding tert-OH is 1.